The molecule has 4 nitrogen and oxygen atoms in total. The minimum absolute atomic E-state index is 0.177. The Balaban J connectivity index is 2.26. The molecule has 0 aromatic heterocycles. The molecule has 0 aliphatic heterocycles. The van der Waals surface area contributed by atoms with Crippen molar-refractivity contribution in [2.45, 2.75) is 6.54 Å². The monoisotopic (exact) mass is 275 g/mol. The maximum atomic E-state index is 13.2. The van der Waals surface area contributed by atoms with Crippen molar-refractivity contribution in [1.29, 1.82) is 0 Å². The average molecular weight is 275 g/mol. The van der Waals surface area contributed by atoms with Gasteiger partial charge in [-0.3, -0.25) is 4.79 Å². The summed E-state index contributed by atoms with van der Waals surface area (Å²) in [5, 5.41) is 18.4. The van der Waals surface area contributed by atoms with Gasteiger partial charge in [0.25, 0.3) is 0 Å². The molecule has 0 atom stereocenters. The van der Waals surface area contributed by atoms with Gasteiger partial charge >= 0.3 is 5.97 Å². The molecule has 20 heavy (non-hydrogen) atoms. The largest absolute Gasteiger partial charge is 0.508 e. The first-order valence-corrected chi connectivity index (χ1v) is 6.05. The fraction of sp³-hybridized carbons (Fsp3) is 0.133. The molecule has 0 bridgehead atoms. The highest BCUT2D eigenvalue weighted by atomic mass is 19.1. The molecule has 0 unspecified atom stereocenters. The molecule has 0 amide bonds. The normalized spacial score (nSPS) is 10.2. The van der Waals surface area contributed by atoms with Crippen LogP contribution in [0.4, 0.5) is 10.1 Å². The van der Waals surface area contributed by atoms with E-state index in [1.54, 1.807) is 29.2 Å². The molecule has 0 aliphatic rings. The van der Waals surface area contributed by atoms with E-state index in [2.05, 4.69) is 0 Å². The Kier molecular flexibility index (Phi) is 4.20. The van der Waals surface area contributed by atoms with Crippen LogP contribution in [0.3, 0.4) is 0 Å². The molecule has 0 saturated heterocycles. The number of aromatic hydroxyl groups is 1. The van der Waals surface area contributed by atoms with Crippen LogP contribution in [0.25, 0.3) is 0 Å². The van der Waals surface area contributed by atoms with Gasteiger partial charge in [0.2, 0.25) is 0 Å². The maximum absolute atomic E-state index is 13.2. The van der Waals surface area contributed by atoms with Gasteiger partial charge in [0, 0.05) is 18.3 Å². The number of carboxylic acid groups (broad SMARTS) is 1. The van der Waals surface area contributed by atoms with Crippen LogP contribution in [0.1, 0.15) is 5.56 Å². The van der Waals surface area contributed by atoms with Gasteiger partial charge in [-0.15, -0.1) is 0 Å². The van der Waals surface area contributed by atoms with Crippen LogP contribution in [-0.4, -0.2) is 22.7 Å². The quantitative estimate of drug-likeness (QED) is 0.880. The standard InChI is InChI=1S/C15H14FNO3/c16-12-6-11(7-14(18)8-12)9-17(10-15(19)20)13-4-2-1-3-5-13/h1-8,18H,9-10H2,(H,19,20). The third-order valence-electron chi connectivity index (χ3n) is 2.76. The number of carboxylic acids is 1. The molecular weight excluding hydrogens is 261 g/mol. The Morgan fingerprint density at radius 1 is 1.15 bits per heavy atom. The Labute approximate surface area is 115 Å². The van der Waals surface area contributed by atoms with Gasteiger partial charge in [-0.1, -0.05) is 18.2 Å². The molecule has 2 aromatic rings. The van der Waals surface area contributed by atoms with Crippen molar-refractivity contribution >= 4 is 11.7 Å². The first kappa shape index (κ1) is 13.9. The van der Waals surface area contributed by atoms with E-state index < -0.39 is 11.8 Å². The highest BCUT2D eigenvalue weighted by molar-refractivity contribution is 5.73. The van der Waals surface area contributed by atoms with Crippen molar-refractivity contribution in [2.75, 3.05) is 11.4 Å². The Morgan fingerprint density at radius 3 is 2.45 bits per heavy atom. The van der Waals surface area contributed by atoms with Gasteiger partial charge in [0.05, 0.1) is 0 Å². The number of aliphatic carboxylic acids is 1. The second-order valence-electron chi connectivity index (χ2n) is 4.40. The van der Waals surface area contributed by atoms with Crippen LogP contribution in [0, 0.1) is 5.82 Å². The van der Waals surface area contributed by atoms with Crippen LogP contribution in [0.2, 0.25) is 0 Å². The predicted molar refractivity (Wildman–Crippen MR) is 73.2 cm³/mol. The second kappa shape index (κ2) is 6.06. The SMILES string of the molecule is O=C(O)CN(Cc1cc(O)cc(F)c1)c1ccccc1. The second-order valence-corrected chi connectivity index (χ2v) is 4.40. The van der Waals surface area contributed by atoms with Crippen molar-refractivity contribution in [1.82, 2.24) is 0 Å². The number of halogens is 1. The van der Waals surface area contributed by atoms with Crippen LogP contribution < -0.4 is 4.90 Å². The number of benzene rings is 2. The highest BCUT2D eigenvalue weighted by Crippen LogP contribution is 2.20. The van der Waals surface area contributed by atoms with Gasteiger partial charge in [-0.05, 0) is 29.8 Å². The summed E-state index contributed by atoms with van der Waals surface area (Å²) in [5.41, 5.74) is 1.23. The lowest BCUT2D eigenvalue weighted by Gasteiger charge is -2.23. The van der Waals surface area contributed by atoms with E-state index in [1.165, 1.54) is 12.1 Å². The summed E-state index contributed by atoms with van der Waals surface area (Å²) in [7, 11) is 0. The summed E-state index contributed by atoms with van der Waals surface area (Å²) in [6.07, 6.45) is 0. The molecule has 2 aromatic carbocycles. The molecule has 0 saturated carbocycles. The lowest BCUT2D eigenvalue weighted by Crippen LogP contribution is -2.29. The number of nitrogens with zero attached hydrogens (tertiary/aromatic N) is 1. The van der Waals surface area contributed by atoms with Crippen molar-refractivity contribution in [3.8, 4) is 5.75 Å². The number of rotatable bonds is 5. The van der Waals surface area contributed by atoms with Crippen LogP contribution in [0.5, 0.6) is 5.75 Å². The van der Waals surface area contributed by atoms with E-state index in [1.807, 2.05) is 6.07 Å². The van der Waals surface area contributed by atoms with Crippen molar-refractivity contribution < 1.29 is 19.4 Å². The fourth-order valence-corrected chi connectivity index (χ4v) is 1.99. The van der Waals surface area contributed by atoms with Crippen LogP contribution >= 0.6 is 0 Å². The molecular formula is C15H14FNO3. The minimum atomic E-state index is -0.977. The molecule has 0 spiro atoms. The van der Waals surface area contributed by atoms with Gasteiger partial charge in [0.1, 0.15) is 18.1 Å². The Morgan fingerprint density at radius 2 is 1.85 bits per heavy atom. The van der Waals surface area contributed by atoms with Gasteiger partial charge in [-0.25, -0.2) is 4.39 Å². The first-order valence-electron chi connectivity index (χ1n) is 6.05. The number of hydrogen-bond acceptors (Lipinski definition) is 3. The van der Waals surface area contributed by atoms with E-state index in [4.69, 9.17) is 5.11 Å². The molecule has 5 heteroatoms. The Hall–Kier alpha value is -2.56. The van der Waals surface area contributed by atoms with Gasteiger partial charge in [-0.2, -0.15) is 0 Å². The molecule has 0 heterocycles. The number of hydrogen-bond donors (Lipinski definition) is 2. The number of anilines is 1. The molecule has 0 aliphatic carbocycles. The van der Waals surface area contributed by atoms with E-state index in [0.29, 0.717) is 5.56 Å². The summed E-state index contributed by atoms with van der Waals surface area (Å²) in [6.45, 7) is -0.0110. The van der Waals surface area contributed by atoms with Gasteiger partial charge in [0.15, 0.2) is 0 Å². The maximum Gasteiger partial charge on any atom is 0.323 e. The van der Waals surface area contributed by atoms with Crippen LogP contribution in [-0.2, 0) is 11.3 Å². The zero-order chi connectivity index (χ0) is 14.5. The van der Waals surface area contributed by atoms with Crippen molar-refractivity contribution in [3.05, 3.63) is 59.9 Å². The topological polar surface area (TPSA) is 60.8 Å². The van der Waals surface area contributed by atoms with Gasteiger partial charge < -0.3 is 15.1 Å². The predicted octanol–water partition coefficient (Wildman–Crippen LogP) is 2.62. The molecule has 0 radical (unpaired) electrons. The van der Waals surface area contributed by atoms with Crippen molar-refractivity contribution in [3.63, 3.8) is 0 Å². The lowest BCUT2D eigenvalue weighted by molar-refractivity contribution is -0.135. The van der Waals surface area contributed by atoms with E-state index in [-0.39, 0.29) is 18.8 Å². The third kappa shape index (κ3) is 3.71. The van der Waals surface area contributed by atoms with E-state index in [9.17, 15) is 14.3 Å². The van der Waals surface area contributed by atoms with E-state index >= 15 is 0 Å². The van der Waals surface area contributed by atoms with Crippen LogP contribution in [0.15, 0.2) is 48.5 Å². The fourth-order valence-electron chi connectivity index (χ4n) is 1.99. The molecule has 0 fully saturated rings. The summed E-state index contributed by atoms with van der Waals surface area (Å²) in [4.78, 5) is 12.5. The smallest absolute Gasteiger partial charge is 0.323 e. The number of phenolic OH excluding ortho intramolecular Hbond substituents is 1. The summed E-state index contributed by atoms with van der Waals surface area (Å²) >= 11 is 0. The molecule has 104 valence electrons. The molecule has 2 N–H and O–H groups in total. The van der Waals surface area contributed by atoms with E-state index in [0.717, 1.165) is 11.8 Å². The lowest BCUT2D eigenvalue weighted by atomic mass is 10.1. The number of carbonyl (C=O) groups is 1. The zero-order valence-corrected chi connectivity index (χ0v) is 10.7. The van der Waals surface area contributed by atoms with Crippen molar-refractivity contribution in [2.24, 2.45) is 0 Å². The third-order valence-corrected chi connectivity index (χ3v) is 2.76. The highest BCUT2D eigenvalue weighted by Gasteiger charge is 2.12. The number of para-hydroxylation sites is 1. The Bertz CT molecular complexity index is 581. The molecule has 2 rings (SSSR count). The summed E-state index contributed by atoms with van der Waals surface area (Å²) in [6, 6.07) is 12.7. The summed E-state index contributed by atoms with van der Waals surface area (Å²) in [5.74, 6) is -1.71. The summed E-state index contributed by atoms with van der Waals surface area (Å²) < 4.78 is 13.2. The average Bonchev–Trinajstić information content (AvgIpc) is 2.37. The number of phenols is 1. The minimum Gasteiger partial charge on any atom is -0.508 e. The zero-order valence-electron chi connectivity index (χ0n) is 10.7. The first-order chi connectivity index (χ1) is 9.54.